The molecule has 0 aliphatic rings. The summed E-state index contributed by atoms with van der Waals surface area (Å²) < 4.78 is 6.79. The van der Waals surface area contributed by atoms with Crippen LogP contribution in [-0.4, -0.2) is 32.5 Å². The van der Waals surface area contributed by atoms with Gasteiger partial charge in [0.1, 0.15) is 11.3 Å². The smallest absolute Gasteiger partial charge is 0.332 e. The highest BCUT2D eigenvalue weighted by atomic mass is 16.5. The Morgan fingerprint density at radius 3 is 2.78 bits per heavy atom. The van der Waals surface area contributed by atoms with Crippen LogP contribution in [0.15, 0.2) is 59.5 Å². The lowest BCUT2D eigenvalue weighted by atomic mass is 10.1. The molecule has 0 atom stereocenters. The minimum atomic E-state index is -0.537. The number of methoxy groups -OCH3 is 1. The zero-order valence-electron chi connectivity index (χ0n) is 14.3. The van der Waals surface area contributed by atoms with Crippen molar-refractivity contribution in [2.75, 3.05) is 7.11 Å². The van der Waals surface area contributed by atoms with E-state index in [2.05, 4.69) is 15.0 Å². The molecular formula is C19H15N5O3. The minimum Gasteiger partial charge on any atom is -0.495 e. The summed E-state index contributed by atoms with van der Waals surface area (Å²) in [6.07, 6.45) is 1.53. The number of fused-ring (bicyclic) bond motifs is 1. The lowest BCUT2D eigenvalue weighted by molar-refractivity contribution is 0.100. The molecule has 1 amide bonds. The van der Waals surface area contributed by atoms with Gasteiger partial charge in [0, 0.05) is 11.1 Å². The van der Waals surface area contributed by atoms with Crippen molar-refractivity contribution >= 4 is 17.1 Å². The van der Waals surface area contributed by atoms with Gasteiger partial charge in [-0.1, -0.05) is 24.3 Å². The molecule has 0 aliphatic carbocycles. The van der Waals surface area contributed by atoms with E-state index in [9.17, 15) is 9.59 Å². The van der Waals surface area contributed by atoms with E-state index in [1.165, 1.54) is 17.9 Å². The Morgan fingerprint density at radius 1 is 1.19 bits per heavy atom. The second-order valence-corrected chi connectivity index (χ2v) is 5.81. The number of para-hydroxylation sites is 2. The first-order valence-electron chi connectivity index (χ1n) is 8.10. The van der Waals surface area contributed by atoms with Gasteiger partial charge in [-0.25, -0.2) is 19.3 Å². The molecule has 0 spiro atoms. The Balaban J connectivity index is 1.94. The van der Waals surface area contributed by atoms with Gasteiger partial charge in [0.05, 0.1) is 19.0 Å². The number of H-pyrrole nitrogens is 1. The third kappa shape index (κ3) is 2.82. The Morgan fingerprint density at radius 2 is 2.00 bits per heavy atom. The average Bonchev–Trinajstić information content (AvgIpc) is 3.02. The molecule has 4 aromatic rings. The number of nitrogens with zero attached hydrogens (tertiary/aromatic N) is 3. The number of rotatable bonds is 4. The summed E-state index contributed by atoms with van der Waals surface area (Å²) in [4.78, 5) is 35.5. The van der Waals surface area contributed by atoms with E-state index in [1.54, 1.807) is 36.4 Å². The molecule has 0 fully saturated rings. The average molecular weight is 361 g/mol. The SMILES string of the molecule is COc1ccccc1-n1c(=O)[nH]c2cnc(-c3cccc(C(N)=O)c3)nc21. The molecule has 8 heteroatoms. The van der Waals surface area contributed by atoms with Gasteiger partial charge in [0.15, 0.2) is 11.5 Å². The first-order chi connectivity index (χ1) is 13.1. The molecular weight excluding hydrogens is 346 g/mol. The number of ether oxygens (including phenoxy) is 1. The molecule has 0 radical (unpaired) electrons. The van der Waals surface area contributed by atoms with Gasteiger partial charge < -0.3 is 15.5 Å². The molecule has 2 aromatic heterocycles. The normalized spacial score (nSPS) is 10.9. The summed E-state index contributed by atoms with van der Waals surface area (Å²) >= 11 is 0. The number of hydrogen-bond donors (Lipinski definition) is 2. The monoisotopic (exact) mass is 361 g/mol. The highest BCUT2D eigenvalue weighted by Crippen LogP contribution is 2.25. The predicted octanol–water partition coefficient (Wildman–Crippen LogP) is 1.88. The van der Waals surface area contributed by atoms with E-state index in [0.29, 0.717) is 39.6 Å². The van der Waals surface area contributed by atoms with Crippen molar-refractivity contribution in [2.24, 2.45) is 5.73 Å². The van der Waals surface area contributed by atoms with E-state index >= 15 is 0 Å². The van der Waals surface area contributed by atoms with Crippen molar-refractivity contribution in [1.29, 1.82) is 0 Å². The molecule has 0 aliphatic heterocycles. The summed E-state index contributed by atoms with van der Waals surface area (Å²) in [6.45, 7) is 0. The third-order valence-electron chi connectivity index (χ3n) is 4.16. The van der Waals surface area contributed by atoms with E-state index in [4.69, 9.17) is 10.5 Å². The van der Waals surface area contributed by atoms with E-state index in [1.807, 2.05) is 12.1 Å². The van der Waals surface area contributed by atoms with Crippen molar-refractivity contribution in [3.63, 3.8) is 0 Å². The van der Waals surface area contributed by atoms with Crippen LogP contribution in [0.4, 0.5) is 0 Å². The Labute approximate surface area is 153 Å². The van der Waals surface area contributed by atoms with E-state index in [0.717, 1.165) is 0 Å². The molecule has 0 saturated carbocycles. The maximum atomic E-state index is 12.5. The second-order valence-electron chi connectivity index (χ2n) is 5.81. The molecule has 134 valence electrons. The zero-order chi connectivity index (χ0) is 19.0. The maximum Gasteiger partial charge on any atom is 0.332 e. The number of carbonyl (C=O) groups is 1. The topological polar surface area (TPSA) is 116 Å². The number of primary amides is 1. The number of nitrogens with two attached hydrogens (primary N) is 1. The highest BCUT2D eigenvalue weighted by molar-refractivity contribution is 5.94. The van der Waals surface area contributed by atoms with Crippen LogP contribution in [0.2, 0.25) is 0 Å². The van der Waals surface area contributed by atoms with Crippen LogP contribution >= 0.6 is 0 Å². The predicted molar refractivity (Wildman–Crippen MR) is 100.0 cm³/mol. The van der Waals surface area contributed by atoms with Crippen molar-refractivity contribution in [2.45, 2.75) is 0 Å². The summed E-state index contributed by atoms with van der Waals surface area (Å²) in [5.41, 5.74) is 7.41. The quantitative estimate of drug-likeness (QED) is 0.576. The Kier molecular flexibility index (Phi) is 3.92. The fraction of sp³-hybridized carbons (Fsp3) is 0.0526. The van der Waals surface area contributed by atoms with Gasteiger partial charge in [-0.2, -0.15) is 0 Å². The molecule has 4 rings (SSSR count). The van der Waals surface area contributed by atoms with Gasteiger partial charge in [-0.05, 0) is 24.3 Å². The molecule has 2 aromatic carbocycles. The van der Waals surface area contributed by atoms with Crippen LogP contribution in [0.5, 0.6) is 5.75 Å². The molecule has 2 heterocycles. The lowest BCUT2D eigenvalue weighted by Crippen LogP contribution is -2.15. The van der Waals surface area contributed by atoms with Crippen molar-refractivity contribution in [3.8, 4) is 22.8 Å². The number of aromatic nitrogens is 4. The molecule has 27 heavy (non-hydrogen) atoms. The number of hydrogen-bond acceptors (Lipinski definition) is 5. The van der Waals surface area contributed by atoms with Gasteiger partial charge in [-0.15, -0.1) is 0 Å². The lowest BCUT2D eigenvalue weighted by Gasteiger charge is -2.09. The molecule has 0 unspecified atom stereocenters. The fourth-order valence-electron chi connectivity index (χ4n) is 2.89. The number of benzene rings is 2. The summed E-state index contributed by atoms with van der Waals surface area (Å²) in [7, 11) is 1.54. The molecule has 8 nitrogen and oxygen atoms in total. The van der Waals surface area contributed by atoms with Crippen LogP contribution in [0.3, 0.4) is 0 Å². The molecule has 0 saturated heterocycles. The standard InChI is InChI=1S/C19H15N5O3/c1-27-15-8-3-2-7-14(15)24-18-13(22-19(24)26)10-21-17(23-18)12-6-4-5-11(9-12)16(20)25/h2-10H,1H3,(H2,20,25)(H,22,26). The fourth-order valence-corrected chi connectivity index (χ4v) is 2.89. The van der Waals surface area contributed by atoms with Crippen LogP contribution in [0.1, 0.15) is 10.4 Å². The van der Waals surface area contributed by atoms with Crippen LogP contribution in [0.25, 0.3) is 28.2 Å². The maximum absolute atomic E-state index is 12.5. The number of carbonyl (C=O) groups excluding carboxylic acids is 1. The van der Waals surface area contributed by atoms with E-state index < -0.39 is 5.91 Å². The largest absolute Gasteiger partial charge is 0.495 e. The minimum absolute atomic E-state index is 0.354. The first-order valence-corrected chi connectivity index (χ1v) is 8.10. The van der Waals surface area contributed by atoms with Crippen LogP contribution in [-0.2, 0) is 0 Å². The Bertz CT molecular complexity index is 1230. The second kappa shape index (κ2) is 6.41. The number of aromatic amines is 1. The van der Waals surface area contributed by atoms with Crippen molar-refractivity contribution in [3.05, 3.63) is 70.8 Å². The number of imidazole rings is 1. The Hall–Kier alpha value is -3.94. The highest BCUT2D eigenvalue weighted by Gasteiger charge is 2.15. The van der Waals surface area contributed by atoms with Gasteiger partial charge >= 0.3 is 5.69 Å². The van der Waals surface area contributed by atoms with Gasteiger partial charge in [-0.3, -0.25) is 4.79 Å². The van der Waals surface area contributed by atoms with Gasteiger partial charge in [0.25, 0.3) is 0 Å². The molecule has 3 N–H and O–H groups in total. The first kappa shape index (κ1) is 16.5. The summed E-state index contributed by atoms with van der Waals surface area (Å²) in [5, 5.41) is 0. The third-order valence-corrected chi connectivity index (χ3v) is 4.16. The molecule has 0 bridgehead atoms. The van der Waals surface area contributed by atoms with Crippen LogP contribution < -0.4 is 16.2 Å². The summed E-state index contributed by atoms with van der Waals surface area (Å²) in [6, 6.07) is 13.9. The number of nitrogens with one attached hydrogen (secondary N) is 1. The van der Waals surface area contributed by atoms with E-state index in [-0.39, 0.29) is 5.69 Å². The van der Waals surface area contributed by atoms with Crippen molar-refractivity contribution in [1.82, 2.24) is 19.5 Å². The zero-order valence-corrected chi connectivity index (χ0v) is 14.3. The number of amides is 1. The summed E-state index contributed by atoms with van der Waals surface area (Å²) in [5.74, 6) is 0.370. The van der Waals surface area contributed by atoms with Gasteiger partial charge in [0.2, 0.25) is 5.91 Å². The van der Waals surface area contributed by atoms with Crippen LogP contribution in [0, 0.1) is 0 Å². The van der Waals surface area contributed by atoms with Crippen molar-refractivity contribution < 1.29 is 9.53 Å².